The number of aliphatic hydroxyl groups is 1. The van der Waals surface area contributed by atoms with E-state index in [9.17, 15) is 13.5 Å². The zero-order valence-electron chi connectivity index (χ0n) is 8.57. The van der Waals surface area contributed by atoms with E-state index in [0.717, 1.165) is 19.3 Å². The maximum atomic E-state index is 11.3. The second kappa shape index (κ2) is 5.09. The third kappa shape index (κ3) is 3.55. The Bertz CT molecular complexity index is 263. The first kappa shape index (κ1) is 11.9. The first-order valence-electron chi connectivity index (χ1n) is 5.20. The molecule has 2 unspecified atom stereocenters. The van der Waals surface area contributed by atoms with Crippen LogP contribution in [-0.4, -0.2) is 31.9 Å². The molecule has 1 saturated carbocycles. The van der Waals surface area contributed by atoms with Gasteiger partial charge in [-0.1, -0.05) is 13.3 Å². The number of rotatable bonds is 5. The highest BCUT2D eigenvalue weighted by atomic mass is 32.2. The minimum atomic E-state index is -3.10. The van der Waals surface area contributed by atoms with Crippen molar-refractivity contribution in [2.45, 2.75) is 38.7 Å². The first-order valence-corrected chi connectivity index (χ1v) is 6.86. The molecule has 0 aliphatic heterocycles. The van der Waals surface area contributed by atoms with E-state index in [2.05, 4.69) is 4.72 Å². The van der Waals surface area contributed by atoms with E-state index in [1.165, 1.54) is 0 Å². The Morgan fingerprint density at radius 3 is 2.64 bits per heavy atom. The third-order valence-electron chi connectivity index (χ3n) is 2.66. The van der Waals surface area contributed by atoms with Crippen LogP contribution in [0.2, 0.25) is 0 Å². The first-order chi connectivity index (χ1) is 6.55. The summed E-state index contributed by atoms with van der Waals surface area (Å²) in [4.78, 5) is 0. The van der Waals surface area contributed by atoms with Crippen molar-refractivity contribution in [2.75, 3.05) is 12.3 Å². The zero-order valence-corrected chi connectivity index (χ0v) is 9.39. The summed E-state index contributed by atoms with van der Waals surface area (Å²) in [6.07, 6.45) is 3.04. The lowest BCUT2D eigenvalue weighted by Crippen LogP contribution is -2.33. The Kier molecular flexibility index (Phi) is 4.34. The zero-order chi connectivity index (χ0) is 10.6. The van der Waals surface area contributed by atoms with Crippen LogP contribution in [0.3, 0.4) is 0 Å². The van der Waals surface area contributed by atoms with Gasteiger partial charge in [0.15, 0.2) is 0 Å². The molecule has 84 valence electrons. The lowest BCUT2D eigenvalue weighted by atomic mass is 10.1. The van der Waals surface area contributed by atoms with Crippen LogP contribution in [0.5, 0.6) is 0 Å². The highest BCUT2D eigenvalue weighted by Crippen LogP contribution is 2.24. The topological polar surface area (TPSA) is 66.4 Å². The molecule has 1 fully saturated rings. The molecular weight excluding hydrogens is 202 g/mol. The quantitative estimate of drug-likeness (QED) is 0.709. The van der Waals surface area contributed by atoms with Gasteiger partial charge in [-0.25, -0.2) is 13.1 Å². The van der Waals surface area contributed by atoms with Crippen LogP contribution in [0.15, 0.2) is 0 Å². The molecule has 0 radical (unpaired) electrons. The van der Waals surface area contributed by atoms with Crippen molar-refractivity contribution in [2.24, 2.45) is 5.92 Å². The van der Waals surface area contributed by atoms with Crippen molar-refractivity contribution >= 4 is 10.0 Å². The fourth-order valence-corrected chi connectivity index (χ4v) is 2.98. The van der Waals surface area contributed by atoms with Crippen LogP contribution >= 0.6 is 0 Å². The van der Waals surface area contributed by atoms with Gasteiger partial charge in [0, 0.05) is 6.54 Å². The van der Waals surface area contributed by atoms with E-state index in [1.54, 1.807) is 0 Å². The summed E-state index contributed by atoms with van der Waals surface area (Å²) >= 11 is 0. The van der Waals surface area contributed by atoms with E-state index in [4.69, 9.17) is 0 Å². The Morgan fingerprint density at radius 2 is 2.14 bits per heavy atom. The number of aliphatic hydroxyl groups excluding tert-OH is 1. The molecule has 0 amide bonds. The minimum Gasteiger partial charge on any atom is -0.393 e. The molecule has 0 heterocycles. The van der Waals surface area contributed by atoms with Crippen molar-refractivity contribution in [3.05, 3.63) is 0 Å². The van der Waals surface area contributed by atoms with Crippen LogP contribution < -0.4 is 4.72 Å². The van der Waals surface area contributed by atoms with Gasteiger partial charge in [0.25, 0.3) is 0 Å². The van der Waals surface area contributed by atoms with Gasteiger partial charge in [0.2, 0.25) is 10.0 Å². The summed E-state index contributed by atoms with van der Waals surface area (Å²) in [7, 11) is -3.10. The molecule has 1 aliphatic rings. The SMILES string of the molecule is CCCS(=O)(=O)NCC1CCCC1O. The maximum Gasteiger partial charge on any atom is 0.211 e. The van der Waals surface area contributed by atoms with Crippen LogP contribution in [-0.2, 0) is 10.0 Å². The van der Waals surface area contributed by atoms with Crippen molar-refractivity contribution in [1.82, 2.24) is 4.72 Å². The van der Waals surface area contributed by atoms with Crippen LogP contribution in [0.4, 0.5) is 0 Å². The van der Waals surface area contributed by atoms with Gasteiger partial charge in [-0.2, -0.15) is 0 Å². The van der Waals surface area contributed by atoms with E-state index in [-0.39, 0.29) is 17.8 Å². The van der Waals surface area contributed by atoms with E-state index < -0.39 is 10.0 Å². The van der Waals surface area contributed by atoms with Crippen molar-refractivity contribution in [1.29, 1.82) is 0 Å². The van der Waals surface area contributed by atoms with Gasteiger partial charge in [-0.3, -0.25) is 0 Å². The summed E-state index contributed by atoms with van der Waals surface area (Å²) in [5.41, 5.74) is 0. The summed E-state index contributed by atoms with van der Waals surface area (Å²) in [5, 5.41) is 9.48. The second-order valence-corrected chi connectivity index (χ2v) is 5.85. The molecular formula is C9H19NO3S. The number of sulfonamides is 1. The van der Waals surface area contributed by atoms with Crippen LogP contribution in [0.25, 0.3) is 0 Å². The predicted octanol–water partition coefficient (Wildman–Crippen LogP) is 0.477. The summed E-state index contributed by atoms with van der Waals surface area (Å²) in [6, 6.07) is 0. The number of hydrogen-bond donors (Lipinski definition) is 2. The molecule has 0 spiro atoms. The van der Waals surface area contributed by atoms with Gasteiger partial charge in [0.1, 0.15) is 0 Å². The molecule has 0 bridgehead atoms. The molecule has 1 aliphatic carbocycles. The molecule has 0 aromatic heterocycles. The third-order valence-corrected chi connectivity index (χ3v) is 4.21. The van der Waals surface area contributed by atoms with Crippen molar-refractivity contribution < 1.29 is 13.5 Å². The minimum absolute atomic E-state index is 0.113. The Labute approximate surface area is 85.8 Å². The summed E-state index contributed by atoms with van der Waals surface area (Å²) in [5.74, 6) is 0.289. The Hall–Kier alpha value is -0.130. The molecule has 4 nitrogen and oxygen atoms in total. The standard InChI is InChI=1S/C9H19NO3S/c1-2-6-14(12,13)10-7-8-4-3-5-9(8)11/h8-11H,2-7H2,1H3. The molecule has 0 aromatic rings. The monoisotopic (exact) mass is 221 g/mol. The molecule has 14 heavy (non-hydrogen) atoms. The smallest absolute Gasteiger partial charge is 0.211 e. The van der Waals surface area contributed by atoms with E-state index in [0.29, 0.717) is 13.0 Å². The Morgan fingerprint density at radius 1 is 1.43 bits per heavy atom. The average molecular weight is 221 g/mol. The molecule has 0 aromatic carbocycles. The average Bonchev–Trinajstić information content (AvgIpc) is 2.48. The van der Waals surface area contributed by atoms with Crippen molar-refractivity contribution in [3.63, 3.8) is 0 Å². The molecule has 2 atom stereocenters. The number of hydrogen-bond acceptors (Lipinski definition) is 3. The van der Waals surface area contributed by atoms with Gasteiger partial charge in [-0.15, -0.1) is 0 Å². The van der Waals surface area contributed by atoms with Crippen LogP contribution in [0.1, 0.15) is 32.6 Å². The normalized spacial score (nSPS) is 28.1. The second-order valence-electron chi connectivity index (χ2n) is 3.93. The summed E-state index contributed by atoms with van der Waals surface area (Å²) in [6.45, 7) is 2.23. The van der Waals surface area contributed by atoms with Crippen molar-refractivity contribution in [3.8, 4) is 0 Å². The molecule has 5 heteroatoms. The fourth-order valence-electron chi connectivity index (χ4n) is 1.83. The molecule has 0 saturated heterocycles. The number of nitrogens with one attached hydrogen (secondary N) is 1. The molecule has 1 rings (SSSR count). The van der Waals surface area contributed by atoms with Gasteiger partial charge < -0.3 is 5.11 Å². The van der Waals surface area contributed by atoms with Gasteiger partial charge in [0.05, 0.1) is 11.9 Å². The lowest BCUT2D eigenvalue weighted by Gasteiger charge is -2.14. The van der Waals surface area contributed by atoms with Gasteiger partial charge in [-0.05, 0) is 25.2 Å². The van der Waals surface area contributed by atoms with E-state index >= 15 is 0 Å². The maximum absolute atomic E-state index is 11.3. The Balaban J connectivity index is 2.32. The predicted molar refractivity (Wildman–Crippen MR) is 55.4 cm³/mol. The van der Waals surface area contributed by atoms with Crippen LogP contribution in [0, 0.1) is 5.92 Å². The highest BCUT2D eigenvalue weighted by molar-refractivity contribution is 7.89. The lowest BCUT2D eigenvalue weighted by molar-refractivity contribution is 0.134. The fraction of sp³-hybridized carbons (Fsp3) is 1.00. The largest absolute Gasteiger partial charge is 0.393 e. The van der Waals surface area contributed by atoms with E-state index in [1.807, 2.05) is 6.92 Å². The van der Waals surface area contributed by atoms with Gasteiger partial charge >= 0.3 is 0 Å². The molecule has 2 N–H and O–H groups in total. The highest BCUT2D eigenvalue weighted by Gasteiger charge is 2.26. The summed E-state index contributed by atoms with van der Waals surface area (Å²) < 4.78 is 25.1.